The van der Waals surface area contributed by atoms with E-state index in [2.05, 4.69) is 10.3 Å². The zero-order chi connectivity index (χ0) is 12.8. The van der Waals surface area contributed by atoms with Crippen LogP contribution in [0.25, 0.3) is 0 Å². The number of hydrogen-bond acceptors (Lipinski definition) is 3. The van der Waals surface area contributed by atoms with Crippen LogP contribution in [0, 0.1) is 0 Å². The van der Waals surface area contributed by atoms with Gasteiger partial charge in [-0.15, -0.1) is 0 Å². The number of imidazole rings is 1. The quantitative estimate of drug-likeness (QED) is 0.816. The van der Waals surface area contributed by atoms with E-state index in [4.69, 9.17) is 5.73 Å². The lowest BCUT2D eigenvalue weighted by Crippen LogP contribution is -2.26. The second kappa shape index (κ2) is 5.97. The normalized spacial score (nSPS) is 10.3. The van der Waals surface area contributed by atoms with Gasteiger partial charge in [0, 0.05) is 37.6 Å². The van der Waals surface area contributed by atoms with Crippen molar-refractivity contribution in [3.63, 3.8) is 0 Å². The van der Waals surface area contributed by atoms with Crippen LogP contribution in [0.15, 0.2) is 43.0 Å². The first-order chi connectivity index (χ1) is 8.79. The van der Waals surface area contributed by atoms with Crippen LogP contribution in [0.2, 0.25) is 0 Å². The van der Waals surface area contributed by atoms with Crippen LogP contribution in [0.5, 0.6) is 0 Å². The van der Waals surface area contributed by atoms with Gasteiger partial charge in [-0.25, -0.2) is 4.98 Å². The van der Waals surface area contributed by atoms with Crippen LogP contribution in [-0.4, -0.2) is 22.0 Å². The zero-order valence-corrected chi connectivity index (χ0v) is 10.0. The molecule has 94 valence electrons. The number of carbonyl (C=O) groups is 1. The summed E-state index contributed by atoms with van der Waals surface area (Å²) in [6, 6.07) is 7.30. The van der Waals surface area contributed by atoms with Gasteiger partial charge in [-0.05, 0) is 17.7 Å². The summed E-state index contributed by atoms with van der Waals surface area (Å²) < 4.78 is 1.91. The van der Waals surface area contributed by atoms with Crippen molar-refractivity contribution >= 4 is 5.91 Å². The SMILES string of the molecule is NCc1ccc(C(=O)NCCn2ccnc2)cc1. The van der Waals surface area contributed by atoms with Crippen LogP contribution in [-0.2, 0) is 13.1 Å². The van der Waals surface area contributed by atoms with Gasteiger partial charge in [-0.3, -0.25) is 4.79 Å². The topological polar surface area (TPSA) is 72.9 Å². The van der Waals surface area contributed by atoms with E-state index in [-0.39, 0.29) is 5.91 Å². The van der Waals surface area contributed by atoms with Crippen molar-refractivity contribution < 1.29 is 4.79 Å². The minimum Gasteiger partial charge on any atom is -0.350 e. The molecule has 0 aliphatic carbocycles. The first kappa shape index (κ1) is 12.3. The monoisotopic (exact) mass is 244 g/mol. The highest BCUT2D eigenvalue weighted by Gasteiger charge is 2.04. The van der Waals surface area contributed by atoms with Crippen LogP contribution in [0.3, 0.4) is 0 Å². The third-order valence-corrected chi connectivity index (χ3v) is 2.67. The summed E-state index contributed by atoms with van der Waals surface area (Å²) in [5.74, 6) is -0.0707. The fourth-order valence-electron chi connectivity index (χ4n) is 1.61. The maximum atomic E-state index is 11.8. The molecule has 2 rings (SSSR count). The third-order valence-electron chi connectivity index (χ3n) is 2.67. The van der Waals surface area contributed by atoms with E-state index in [9.17, 15) is 4.79 Å². The van der Waals surface area contributed by atoms with Crippen LogP contribution in [0.1, 0.15) is 15.9 Å². The van der Waals surface area contributed by atoms with Crippen LogP contribution >= 0.6 is 0 Å². The molecule has 0 spiro atoms. The number of amides is 1. The maximum Gasteiger partial charge on any atom is 0.251 e. The molecule has 0 bridgehead atoms. The highest BCUT2D eigenvalue weighted by atomic mass is 16.1. The van der Waals surface area contributed by atoms with Gasteiger partial charge < -0.3 is 15.6 Å². The smallest absolute Gasteiger partial charge is 0.251 e. The highest BCUT2D eigenvalue weighted by molar-refractivity contribution is 5.94. The number of benzene rings is 1. The first-order valence-electron chi connectivity index (χ1n) is 5.82. The van der Waals surface area contributed by atoms with E-state index in [0.29, 0.717) is 25.2 Å². The molecule has 1 aromatic carbocycles. The molecule has 0 fully saturated rings. The van der Waals surface area contributed by atoms with E-state index in [1.54, 1.807) is 24.7 Å². The lowest BCUT2D eigenvalue weighted by atomic mass is 10.1. The fraction of sp³-hybridized carbons (Fsp3) is 0.231. The summed E-state index contributed by atoms with van der Waals surface area (Å²) in [5.41, 5.74) is 7.17. The first-order valence-corrected chi connectivity index (χ1v) is 5.82. The molecular formula is C13H16N4O. The summed E-state index contributed by atoms with van der Waals surface area (Å²) in [5, 5.41) is 2.86. The van der Waals surface area contributed by atoms with Gasteiger partial charge in [0.25, 0.3) is 5.91 Å². The molecule has 0 saturated carbocycles. The molecular weight excluding hydrogens is 228 g/mol. The molecule has 0 aliphatic rings. The molecule has 5 heteroatoms. The number of nitrogens with zero attached hydrogens (tertiary/aromatic N) is 2. The van der Waals surface area contributed by atoms with E-state index >= 15 is 0 Å². The molecule has 18 heavy (non-hydrogen) atoms. The molecule has 1 heterocycles. The van der Waals surface area contributed by atoms with Gasteiger partial charge in [-0.2, -0.15) is 0 Å². The summed E-state index contributed by atoms with van der Waals surface area (Å²) >= 11 is 0. The summed E-state index contributed by atoms with van der Waals surface area (Å²) in [4.78, 5) is 15.7. The highest BCUT2D eigenvalue weighted by Crippen LogP contribution is 2.03. The molecule has 2 aromatic rings. The lowest BCUT2D eigenvalue weighted by molar-refractivity contribution is 0.0952. The Hall–Kier alpha value is -2.14. The number of hydrogen-bond donors (Lipinski definition) is 2. The molecule has 0 saturated heterocycles. The molecule has 0 atom stereocenters. The Kier molecular flexibility index (Phi) is 4.09. The van der Waals surface area contributed by atoms with Crippen molar-refractivity contribution in [2.45, 2.75) is 13.1 Å². The Balaban J connectivity index is 1.83. The standard InChI is InChI=1S/C13H16N4O/c14-9-11-1-3-12(4-2-11)13(18)16-6-8-17-7-5-15-10-17/h1-5,7,10H,6,8-9,14H2,(H,16,18). The molecule has 0 unspecified atom stereocenters. The second-order valence-corrected chi connectivity index (χ2v) is 3.96. The van der Waals surface area contributed by atoms with Gasteiger partial charge in [0.1, 0.15) is 0 Å². The Labute approximate surface area is 106 Å². The fourth-order valence-corrected chi connectivity index (χ4v) is 1.61. The summed E-state index contributed by atoms with van der Waals surface area (Å²) in [7, 11) is 0. The van der Waals surface area contributed by atoms with Crippen LogP contribution in [0.4, 0.5) is 0 Å². The van der Waals surface area contributed by atoms with E-state index in [1.807, 2.05) is 22.9 Å². The van der Waals surface area contributed by atoms with Gasteiger partial charge >= 0.3 is 0 Å². The largest absolute Gasteiger partial charge is 0.350 e. The van der Waals surface area contributed by atoms with Crippen molar-refractivity contribution in [1.29, 1.82) is 0 Å². The minimum atomic E-state index is -0.0707. The Bertz CT molecular complexity index is 490. The maximum absolute atomic E-state index is 11.8. The summed E-state index contributed by atoms with van der Waals surface area (Å²) in [6.45, 7) is 1.78. The molecule has 3 N–H and O–H groups in total. The average molecular weight is 244 g/mol. The van der Waals surface area contributed by atoms with Crippen molar-refractivity contribution in [3.05, 3.63) is 54.1 Å². The van der Waals surface area contributed by atoms with Crippen molar-refractivity contribution in [2.24, 2.45) is 5.73 Å². The predicted molar refractivity (Wildman–Crippen MR) is 68.9 cm³/mol. The Morgan fingerprint density at radius 2 is 2.11 bits per heavy atom. The van der Waals surface area contributed by atoms with Gasteiger partial charge in [0.2, 0.25) is 0 Å². The molecule has 1 aromatic heterocycles. The number of rotatable bonds is 5. The number of carbonyl (C=O) groups excluding carboxylic acids is 1. The van der Waals surface area contributed by atoms with Crippen molar-refractivity contribution in [1.82, 2.24) is 14.9 Å². The molecule has 0 radical (unpaired) electrons. The Morgan fingerprint density at radius 1 is 1.33 bits per heavy atom. The van der Waals surface area contributed by atoms with Gasteiger partial charge in [0.15, 0.2) is 0 Å². The van der Waals surface area contributed by atoms with Crippen LogP contribution < -0.4 is 11.1 Å². The van der Waals surface area contributed by atoms with E-state index in [0.717, 1.165) is 5.56 Å². The average Bonchev–Trinajstić information content (AvgIpc) is 2.92. The van der Waals surface area contributed by atoms with Gasteiger partial charge in [0.05, 0.1) is 6.33 Å². The van der Waals surface area contributed by atoms with Crippen molar-refractivity contribution in [3.8, 4) is 0 Å². The number of aromatic nitrogens is 2. The summed E-state index contributed by atoms with van der Waals surface area (Å²) in [6.07, 6.45) is 5.30. The lowest BCUT2D eigenvalue weighted by Gasteiger charge is -2.06. The molecule has 0 aliphatic heterocycles. The number of nitrogens with two attached hydrogens (primary N) is 1. The van der Waals surface area contributed by atoms with E-state index in [1.165, 1.54) is 0 Å². The Morgan fingerprint density at radius 3 is 2.72 bits per heavy atom. The zero-order valence-electron chi connectivity index (χ0n) is 10.0. The second-order valence-electron chi connectivity index (χ2n) is 3.96. The van der Waals surface area contributed by atoms with E-state index < -0.39 is 0 Å². The minimum absolute atomic E-state index is 0.0707. The number of nitrogens with one attached hydrogen (secondary N) is 1. The predicted octanol–water partition coefficient (Wildman–Crippen LogP) is 0.772. The third kappa shape index (κ3) is 3.18. The van der Waals surface area contributed by atoms with Crippen molar-refractivity contribution in [2.75, 3.05) is 6.54 Å². The van der Waals surface area contributed by atoms with Gasteiger partial charge in [-0.1, -0.05) is 12.1 Å². The molecule has 1 amide bonds. The molecule has 5 nitrogen and oxygen atoms in total.